The van der Waals surface area contributed by atoms with Gasteiger partial charge in [0.1, 0.15) is 5.52 Å². The van der Waals surface area contributed by atoms with Crippen LogP contribution in [-0.2, 0) is 27.9 Å². The molecule has 4 rings (SSSR count). The summed E-state index contributed by atoms with van der Waals surface area (Å²) in [4.78, 5) is 12.4. The third-order valence-electron chi connectivity index (χ3n) is 5.40. The Balaban J connectivity index is 1.34. The maximum Gasteiger partial charge on any atom is 0.243 e. The lowest BCUT2D eigenvalue weighted by Gasteiger charge is -2.15. The van der Waals surface area contributed by atoms with Gasteiger partial charge in [-0.05, 0) is 49.1 Å². The molecular formula is C21H24ClN5O3S. The number of halogens is 1. The average molecular weight is 462 g/mol. The number of nitrogens with one attached hydrogen (secondary N) is 1. The van der Waals surface area contributed by atoms with E-state index in [4.69, 9.17) is 11.6 Å². The first kappa shape index (κ1) is 21.7. The fraction of sp³-hybridized carbons (Fsp3) is 0.381. The number of hydrogen-bond donors (Lipinski definition) is 1. The summed E-state index contributed by atoms with van der Waals surface area (Å²) in [6.07, 6.45) is 2.71. The fourth-order valence-electron chi connectivity index (χ4n) is 3.67. The highest BCUT2D eigenvalue weighted by Crippen LogP contribution is 2.23. The Morgan fingerprint density at radius 3 is 2.68 bits per heavy atom. The summed E-state index contributed by atoms with van der Waals surface area (Å²) in [6, 6.07) is 12.3. The van der Waals surface area contributed by atoms with E-state index in [1.54, 1.807) is 28.9 Å². The number of nitrogens with zero attached hydrogens (tertiary/aromatic N) is 4. The van der Waals surface area contributed by atoms with Gasteiger partial charge in [-0.25, -0.2) is 13.1 Å². The molecule has 0 radical (unpaired) electrons. The lowest BCUT2D eigenvalue weighted by atomic mass is 10.2. The molecule has 0 bridgehead atoms. The lowest BCUT2D eigenvalue weighted by Crippen LogP contribution is -2.27. The standard InChI is InChI=1S/C21H24ClN5O3S/c22-18-7-2-1-6-16(18)15-23-21(28)8-5-13-27-20-10-9-17(14-19(20)24-25-27)31(29,30)26-11-3-4-12-26/h1-2,6-7,9-10,14H,3-5,8,11-13,15H2,(H,23,28). The van der Waals surface area contributed by atoms with Crippen molar-refractivity contribution >= 4 is 38.6 Å². The first-order valence-corrected chi connectivity index (χ1v) is 12.1. The molecule has 1 aromatic heterocycles. The summed E-state index contributed by atoms with van der Waals surface area (Å²) >= 11 is 6.10. The van der Waals surface area contributed by atoms with Crippen LogP contribution >= 0.6 is 11.6 Å². The molecule has 1 aliphatic rings. The Bertz CT molecular complexity index is 1190. The van der Waals surface area contributed by atoms with Crippen molar-refractivity contribution in [3.8, 4) is 0 Å². The van der Waals surface area contributed by atoms with Crippen LogP contribution < -0.4 is 5.32 Å². The Labute approximate surface area is 186 Å². The molecule has 0 unspecified atom stereocenters. The van der Waals surface area contributed by atoms with E-state index in [9.17, 15) is 13.2 Å². The highest BCUT2D eigenvalue weighted by molar-refractivity contribution is 7.89. The van der Waals surface area contributed by atoms with Gasteiger partial charge in [-0.1, -0.05) is 35.0 Å². The van der Waals surface area contributed by atoms with Crippen molar-refractivity contribution in [1.29, 1.82) is 0 Å². The molecule has 31 heavy (non-hydrogen) atoms. The van der Waals surface area contributed by atoms with Gasteiger partial charge in [-0.3, -0.25) is 4.79 Å². The molecule has 164 valence electrons. The minimum Gasteiger partial charge on any atom is -0.352 e. The molecular weight excluding hydrogens is 438 g/mol. The van der Waals surface area contributed by atoms with Crippen molar-refractivity contribution in [3.05, 3.63) is 53.1 Å². The molecule has 2 heterocycles. The van der Waals surface area contributed by atoms with Crippen LogP contribution in [0.2, 0.25) is 5.02 Å². The quantitative estimate of drug-likeness (QED) is 0.556. The van der Waals surface area contributed by atoms with E-state index in [2.05, 4.69) is 15.6 Å². The second-order valence-electron chi connectivity index (χ2n) is 7.55. The van der Waals surface area contributed by atoms with Gasteiger partial charge in [0.15, 0.2) is 0 Å². The van der Waals surface area contributed by atoms with Crippen LogP contribution in [0.25, 0.3) is 11.0 Å². The van der Waals surface area contributed by atoms with Gasteiger partial charge >= 0.3 is 0 Å². The molecule has 0 atom stereocenters. The van der Waals surface area contributed by atoms with Crippen molar-refractivity contribution in [2.75, 3.05) is 13.1 Å². The van der Waals surface area contributed by atoms with Gasteiger partial charge < -0.3 is 5.32 Å². The smallest absolute Gasteiger partial charge is 0.243 e. The molecule has 2 aromatic carbocycles. The van der Waals surface area contributed by atoms with Crippen LogP contribution in [-0.4, -0.2) is 46.7 Å². The third kappa shape index (κ3) is 4.89. The van der Waals surface area contributed by atoms with E-state index in [1.165, 1.54) is 4.31 Å². The third-order valence-corrected chi connectivity index (χ3v) is 7.66. The van der Waals surface area contributed by atoms with Crippen molar-refractivity contribution in [2.45, 2.75) is 43.7 Å². The number of carbonyl (C=O) groups excluding carboxylic acids is 1. The van der Waals surface area contributed by atoms with Crippen molar-refractivity contribution < 1.29 is 13.2 Å². The summed E-state index contributed by atoms with van der Waals surface area (Å²) in [7, 11) is -3.49. The summed E-state index contributed by atoms with van der Waals surface area (Å²) < 4.78 is 28.7. The van der Waals surface area contributed by atoms with E-state index in [1.807, 2.05) is 18.2 Å². The normalized spacial score (nSPS) is 14.9. The van der Waals surface area contributed by atoms with Crippen LogP contribution in [0.4, 0.5) is 0 Å². The fourth-order valence-corrected chi connectivity index (χ4v) is 5.41. The van der Waals surface area contributed by atoms with E-state index < -0.39 is 10.0 Å². The first-order valence-electron chi connectivity index (χ1n) is 10.3. The van der Waals surface area contributed by atoms with Crippen LogP contribution in [0, 0.1) is 0 Å². The maximum atomic E-state index is 12.7. The largest absolute Gasteiger partial charge is 0.352 e. The predicted octanol–water partition coefficient (Wildman–Crippen LogP) is 2.97. The van der Waals surface area contributed by atoms with Crippen molar-refractivity contribution in [2.24, 2.45) is 0 Å². The molecule has 0 aliphatic carbocycles. The molecule has 1 amide bonds. The molecule has 3 aromatic rings. The maximum absolute atomic E-state index is 12.7. The molecule has 10 heteroatoms. The Morgan fingerprint density at radius 2 is 1.90 bits per heavy atom. The topological polar surface area (TPSA) is 97.2 Å². The average Bonchev–Trinajstić information content (AvgIpc) is 3.44. The minimum absolute atomic E-state index is 0.0664. The minimum atomic E-state index is -3.49. The number of aryl methyl sites for hydroxylation is 1. The number of hydrogen-bond acceptors (Lipinski definition) is 5. The number of sulfonamides is 1. The number of aromatic nitrogens is 3. The van der Waals surface area contributed by atoms with E-state index in [-0.39, 0.29) is 10.8 Å². The van der Waals surface area contributed by atoms with Crippen molar-refractivity contribution in [1.82, 2.24) is 24.6 Å². The highest BCUT2D eigenvalue weighted by atomic mass is 35.5. The number of benzene rings is 2. The Kier molecular flexibility index (Phi) is 6.54. The van der Waals surface area contributed by atoms with E-state index in [0.29, 0.717) is 49.6 Å². The van der Waals surface area contributed by atoms with Gasteiger partial charge in [0.05, 0.1) is 10.4 Å². The zero-order valence-electron chi connectivity index (χ0n) is 17.0. The van der Waals surface area contributed by atoms with Gasteiger partial charge in [0, 0.05) is 37.6 Å². The molecule has 1 fully saturated rings. The second kappa shape index (κ2) is 9.33. The second-order valence-corrected chi connectivity index (χ2v) is 9.89. The zero-order chi connectivity index (χ0) is 21.8. The SMILES string of the molecule is O=C(CCCn1nnc2cc(S(=O)(=O)N3CCCC3)ccc21)NCc1ccccc1Cl. The van der Waals surface area contributed by atoms with Crippen molar-refractivity contribution in [3.63, 3.8) is 0 Å². The molecule has 0 spiro atoms. The number of fused-ring (bicyclic) bond motifs is 1. The Hall–Kier alpha value is -2.49. The number of carbonyl (C=O) groups is 1. The van der Waals surface area contributed by atoms with Gasteiger partial charge in [-0.15, -0.1) is 5.10 Å². The van der Waals surface area contributed by atoms with E-state index >= 15 is 0 Å². The van der Waals surface area contributed by atoms with E-state index in [0.717, 1.165) is 23.9 Å². The van der Waals surface area contributed by atoms with Crippen LogP contribution in [0.15, 0.2) is 47.4 Å². The molecule has 1 saturated heterocycles. The van der Waals surface area contributed by atoms with Gasteiger partial charge in [0.2, 0.25) is 15.9 Å². The Morgan fingerprint density at radius 1 is 1.13 bits per heavy atom. The van der Waals surface area contributed by atoms with Gasteiger partial charge in [-0.2, -0.15) is 4.31 Å². The zero-order valence-corrected chi connectivity index (χ0v) is 18.6. The highest BCUT2D eigenvalue weighted by Gasteiger charge is 2.27. The number of rotatable bonds is 8. The van der Waals surface area contributed by atoms with Crippen LogP contribution in [0.5, 0.6) is 0 Å². The molecule has 1 N–H and O–H groups in total. The summed E-state index contributed by atoms with van der Waals surface area (Å²) in [5.41, 5.74) is 2.15. The summed E-state index contributed by atoms with van der Waals surface area (Å²) in [6.45, 7) is 2.02. The summed E-state index contributed by atoms with van der Waals surface area (Å²) in [5, 5.41) is 11.7. The van der Waals surface area contributed by atoms with Crippen LogP contribution in [0.3, 0.4) is 0 Å². The summed E-state index contributed by atoms with van der Waals surface area (Å²) in [5.74, 6) is -0.0664. The molecule has 0 saturated carbocycles. The molecule has 1 aliphatic heterocycles. The first-order chi connectivity index (χ1) is 14.9. The molecule has 8 nitrogen and oxygen atoms in total. The van der Waals surface area contributed by atoms with Crippen LogP contribution in [0.1, 0.15) is 31.2 Å². The monoisotopic (exact) mass is 461 g/mol. The lowest BCUT2D eigenvalue weighted by molar-refractivity contribution is -0.121. The number of amides is 1. The predicted molar refractivity (Wildman–Crippen MR) is 118 cm³/mol. The van der Waals surface area contributed by atoms with Gasteiger partial charge in [0.25, 0.3) is 0 Å².